The van der Waals surface area contributed by atoms with Gasteiger partial charge in [0, 0.05) is 37.1 Å². The highest BCUT2D eigenvalue weighted by Crippen LogP contribution is 2.39. The van der Waals surface area contributed by atoms with Crippen LogP contribution in [-0.2, 0) is 4.79 Å². The van der Waals surface area contributed by atoms with Crippen molar-refractivity contribution >= 4 is 56.0 Å². The number of aryl methyl sites for hydroxylation is 1. The van der Waals surface area contributed by atoms with Gasteiger partial charge in [-0.2, -0.15) is 9.47 Å². The van der Waals surface area contributed by atoms with E-state index in [9.17, 15) is 4.79 Å². The summed E-state index contributed by atoms with van der Waals surface area (Å²) in [6.07, 6.45) is 3.17. The first-order valence-corrected chi connectivity index (χ1v) is 10.8. The summed E-state index contributed by atoms with van der Waals surface area (Å²) in [5.74, 6) is -0.0260. The van der Waals surface area contributed by atoms with Crippen LogP contribution >= 0.6 is 23.1 Å². The Labute approximate surface area is 182 Å². The maximum Gasteiger partial charge on any atom is 0.246 e. The summed E-state index contributed by atoms with van der Waals surface area (Å²) in [4.78, 5) is 20.7. The maximum atomic E-state index is 11.8. The number of halogens is 1. The minimum atomic E-state index is -0.0260. The number of carbonyl (C=O) groups excluding carboxylic acids is 1. The molecule has 0 spiro atoms. The number of hydrogen-bond donors (Lipinski definition) is 1. The van der Waals surface area contributed by atoms with Gasteiger partial charge in [-0.25, -0.2) is 4.98 Å². The van der Waals surface area contributed by atoms with Crippen LogP contribution < -0.4 is 4.90 Å². The third kappa shape index (κ3) is 3.03. The monoisotopic (exact) mass is 438 g/mol. The molecule has 1 fully saturated rings. The fourth-order valence-electron chi connectivity index (χ4n) is 3.95. The second-order valence-corrected chi connectivity index (χ2v) is 8.44. The Bertz CT molecular complexity index is 1290. The van der Waals surface area contributed by atoms with E-state index in [2.05, 4.69) is 26.0 Å². The van der Waals surface area contributed by atoms with Gasteiger partial charge >= 0.3 is 0 Å². The number of nitrogens with zero attached hydrogens (tertiary/aromatic N) is 5. The molecule has 4 aromatic rings. The zero-order valence-electron chi connectivity index (χ0n) is 16.4. The van der Waals surface area contributed by atoms with E-state index >= 15 is 0 Å². The van der Waals surface area contributed by atoms with Gasteiger partial charge in [0.15, 0.2) is 5.65 Å². The molecule has 0 aliphatic carbocycles. The summed E-state index contributed by atoms with van der Waals surface area (Å²) in [5.41, 5.74) is 4.39. The van der Waals surface area contributed by atoms with Crippen molar-refractivity contribution in [2.45, 2.75) is 6.92 Å². The van der Waals surface area contributed by atoms with E-state index in [1.54, 1.807) is 6.20 Å². The largest absolute Gasteiger partial charge is 0.358 e. The van der Waals surface area contributed by atoms with Crippen LogP contribution in [0.1, 0.15) is 5.56 Å². The molecule has 3 aromatic heterocycles. The van der Waals surface area contributed by atoms with Gasteiger partial charge in [-0.15, -0.1) is 0 Å². The SMILES string of the molecule is C=CC(=O)N1CCN(c2snc3nc(-c4c(C)ccc5[nH]ncc45)c(Cl)cc23)CC1. The number of aromatic amines is 1. The van der Waals surface area contributed by atoms with Gasteiger partial charge in [0.1, 0.15) is 5.00 Å². The summed E-state index contributed by atoms with van der Waals surface area (Å²) in [6.45, 7) is 8.41. The molecule has 1 aliphatic heterocycles. The molecule has 152 valence electrons. The number of hydrogen-bond acceptors (Lipinski definition) is 6. The molecule has 1 aliphatic rings. The highest BCUT2D eigenvalue weighted by Gasteiger charge is 2.24. The predicted octanol–water partition coefficient (Wildman–Crippen LogP) is 4.03. The fourth-order valence-corrected chi connectivity index (χ4v) is 5.05. The number of fused-ring (bicyclic) bond motifs is 2. The number of anilines is 1. The van der Waals surface area contributed by atoms with Crippen molar-refractivity contribution in [1.29, 1.82) is 0 Å². The van der Waals surface area contributed by atoms with Crippen LogP contribution in [0.15, 0.2) is 37.1 Å². The first-order valence-electron chi connectivity index (χ1n) is 9.62. The van der Waals surface area contributed by atoms with Gasteiger partial charge < -0.3 is 9.80 Å². The van der Waals surface area contributed by atoms with Crippen LogP contribution in [0.2, 0.25) is 5.02 Å². The molecule has 1 N–H and O–H groups in total. The van der Waals surface area contributed by atoms with E-state index in [1.807, 2.05) is 30.0 Å². The second-order valence-electron chi connectivity index (χ2n) is 7.28. The molecule has 9 heteroatoms. The standard InChI is InChI=1S/C21H19ClN6OS/c1-3-17(29)27-6-8-28(9-7-27)21-13-10-15(22)19(24-20(13)26-30-21)18-12(2)4-5-16-14(18)11-23-25-16/h3-5,10-11H,1,6-9H2,2H3,(H,23,25). The van der Waals surface area contributed by atoms with E-state index in [-0.39, 0.29) is 5.91 Å². The van der Waals surface area contributed by atoms with Gasteiger partial charge in [0.2, 0.25) is 5.91 Å². The van der Waals surface area contributed by atoms with Crippen LogP contribution in [0.3, 0.4) is 0 Å². The van der Waals surface area contributed by atoms with E-state index < -0.39 is 0 Å². The van der Waals surface area contributed by atoms with Crippen molar-refractivity contribution in [2.75, 3.05) is 31.1 Å². The highest BCUT2D eigenvalue weighted by atomic mass is 35.5. The normalized spacial score (nSPS) is 14.6. The van der Waals surface area contributed by atoms with Crippen molar-refractivity contribution < 1.29 is 4.79 Å². The lowest BCUT2D eigenvalue weighted by molar-refractivity contribution is -0.126. The molecule has 0 unspecified atom stereocenters. The van der Waals surface area contributed by atoms with Crippen molar-refractivity contribution in [3.05, 3.63) is 47.6 Å². The van der Waals surface area contributed by atoms with Crippen LogP contribution in [0.5, 0.6) is 0 Å². The number of H-pyrrole nitrogens is 1. The summed E-state index contributed by atoms with van der Waals surface area (Å²) < 4.78 is 4.60. The second kappa shape index (κ2) is 7.37. The minimum absolute atomic E-state index is 0.0260. The maximum absolute atomic E-state index is 11.8. The lowest BCUT2D eigenvalue weighted by Gasteiger charge is -2.34. The first kappa shape index (κ1) is 19.0. The Balaban J connectivity index is 1.53. The molecule has 0 saturated carbocycles. The lowest BCUT2D eigenvalue weighted by atomic mass is 10.0. The number of benzene rings is 1. The van der Waals surface area contributed by atoms with Gasteiger partial charge in [-0.3, -0.25) is 9.89 Å². The first-order chi connectivity index (χ1) is 14.6. The van der Waals surface area contributed by atoms with E-state index in [0.29, 0.717) is 29.5 Å². The third-order valence-electron chi connectivity index (χ3n) is 5.53. The van der Waals surface area contributed by atoms with E-state index in [0.717, 1.165) is 45.5 Å². The van der Waals surface area contributed by atoms with Gasteiger partial charge in [0.25, 0.3) is 0 Å². The quantitative estimate of drug-likeness (QED) is 0.488. The summed E-state index contributed by atoms with van der Waals surface area (Å²) in [6, 6.07) is 6.00. The average Bonchev–Trinajstić information content (AvgIpc) is 3.40. The zero-order chi connectivity index (χ0) is 20.8. The molecule has 0 radical (unpaired) electrons. The van der Waals surface area contributed by atoms with Crippen molar-refractivity contribution in [3.8, 4) is 11.3 Å². The molecule has 1 saturated heterocycles. The van der Waals surface area contributed by atoms with Gasteiger partial charge in [-0.05, 0) is 42.2 Å². The minimum Gasteiger partial charge on any atom is -0.358 e. The number of rotatable bonds is 3. The summed E-state index contributed by atoms with van der Waals surface area (Å²) >= 11 is 8.15. The molecular formula is C21H19ClN6OS. The summed E-state index contributed by atoms with van der Waals surface area (Å²) in [7, 11) is 0. The van der Waals surface area contributed by atoms with E-state index in [1.165, 1.54) is 17.6 Å². The Hall–Kier alpha value is -2.97. The van der Waals surface area contributed by atoms with Crippen molar-refractivity contribution in [3.63, 3.8) is 0 Å². The lowest BCUT2D eigenvalue weighted by Crippen LogP contribution is -2.48. The van der Waals surface area contributed by atoms with Gasteiger partial charge in [0.05, 0.1) is 27.8 Å². The third-order valence-corrected chi connectivity index (χ3v) is 6.73. The fraction of sp³-hybridized carbons (Fsp3) is 0.238. The smallest absolute Gasteiger partial charge is 0.246 e. The summed E-state index contributed by atoms with van der Waals surface area (Å²) in [5, 5.41) is 10.7. The van der Waals surface area contributed by atoms with Crippen LogP contribution in [0.25, 0.3) is 33.2 Å². The number of piperazine rings is 1. The molecule has 5 rings (SSSR count). The molecular weight excluding hydrogens is 420 g/mol. The Morgan fingerprint density at radius 2 is 2.07 bits per heavy atom. The molecule has 30 heavy (non-hydrogen) atoms. The number of nitrogens with one attached hydrogen (secondary N) is 1. The Kier molecular flexibility index (Phi) is 4.67. The van der Waals surface area contributed by atoms with Crippen molar-refractivity contribution in [2.24, 2.45) is 0 Å². The molecule has 4 heterocycles. The number of carbonyl (C=O) groups is 1. The van der Waals surface area contributed by atoms with Crippen molar-refractivity contribution in [1.82, 2.24) is 24.5 Å². The van der Waals surface area contributed by atoms with Crippen LogP contribution in [0, 0.1) is 6.92 Å². The Morgan fingerprint density at radius 1 is 1.27 bits per heavy atom. The number of pyridine rings is 1. The molecule has 0 bridgehead atoms. The Morgan fingerprint density at radius 3 is 2.83 bits per heavy atom. The van der Waals surface area contributed by atoms with Gasteiger partial charge in [-0.1, -0.05) is 24.2 Å². The zero-order valence-corrected chi connectivity index (χ0v) is 17.9. The van der Waals surface area contributed by atoms with E-state index in [4.69, 9.17) is 16.6 Å². The van der Waals surface area contributed by atoms with Crippen LogP contribution in [0.4, 0.5) is 5.00 Å². The van der Waals surface area contributed by atoms with Crippen LogP contribution in [-0.4, -0.2) is 56.5 Å². The number of amides is 1. The predicted molar refractivity (Wildman–Crippen MR) is 121 cm³/mol. The highest BCUT2D eigenvalue weighted by molar-refractivity contribution is 7.11. The average molecular weight is 439 g/mol. The molecule has 1 amide bonds. The number of aromatic nitrogens is 4. The molecule has 7 nitrogen and oxygen atoms in total. The molecule has 0 atom stereocenters. The topological polar surface area (TPSA) is 78.0 Å². The molecule has 1 aromatic carbocycles.